The maximum atomic E-state index is 4.37. The molecule has 1 aromatic heterocycles. The summed E-state index contributed by atoms with van der Waals surface area (Å²) in [6.07, 6.45) is 2.74. The van der Waals surface area contributed by atoms with Crippen molar-refractivity contribution in [3.05, 3.63) is 24.5 Å². The molecule has 0 bridgehead atoms. The topological polar surface area (TPSA) is 37.8 Å². The van der Waals surface area contributed by atoms with Crippen molar-refractivity contribution in [3.63, 3.8) is 0 Å². The summed E-state index contributed by atoms with van der Waals surface area (Å²) < 4.78 is 1.52. The van der Waals surface area contributed by atoms with Crippen LogP contribution in [-0.2, 0) is 0 Å². The predicted molar refractivity (Wildman–Crippen MR) is 81.3 cm³/mol. The van der Waals surface area contributed by atoms with Gasteiger partial charge in [-0.15, -0.1) is 0 Å². The Morgan fingerprint density at radius 2 is 1.94 bits per heavy atom. The molecule has 1 heterocycles. The second-order valence-electron chi connectivity index (χ2n) is 5.63. The number of rotatable bonds is 4. The summed E-state index contributed by atoms with van der Waals surface area (Å²) in [5, 5.41) is 4.55. The number of anilines is 1. The molecule has 3 nitrogen and oxygen atoms in total. The number of nitrogens with one attached hydrogen (secondary N) is 1. The first-order valence-corrected chi connectivity index (χ1v) is 16.5. The van der Waals surface area contributed by atoms with Gasteiger partial charge in [0, 0.05) is 0 Å². The average Bonchev–Trinajstić information content (AvgIpc) is 2.34. The van der Waals surface area contributed by atoms with E-state index in [4.69, 9.17) is 0 Å². The second kappa shape index (κ2) is 5.43. The van der Waals surface area contributed by atoms with E-state index in [1.807, 2.05) is 0 Å². The molecule has 1 N–H and O–H groups in total. The van der Waals surface area contributed by atoms with E-state index in [2.05, 4.69) is 55.2 Å². The molecule has 0 saturated heterocycles. The number of nitrogens with zero attached hydrogens (tertiary/aromatic N) is 2. The van der Waals surface area contributed by atoms with Gasteiger partial charge < -0.3 is 0 Å². The number of aromatic nitrogens is 2. The van der Waals surface area contributed by atoms with Crippen LogP contribution >= 0.6 is 0 Å². The molecule has 0 aliphatic carbocycles. The van der Waals surface area contributed by atoms with Crippen LogP contribution in [0.4, 0.5) is 5.82 Å². The molecule has 0 radical (unpaired) electrons. The van der Waals surface area contributed by atoms with E-state index in [1.165, 1.54) is 3.58 Å². The van der Waals surface area contributed by atoms with Crippen LogP contribution < -0.4 is 8.90 Å². The summed E-state index contributed by atoms with van der Waals surface area (Å²) in [5.74, 6) is 0.972. The minimum atomic E-state index is -2.02. The fraction of sp³-hybridized carbons (Fsp3) is 0.429. The van der Waals surface area contributed by atoms with Gasteiger partial charge in [-0.25, -0.2) is 0 Å². The number of fused-ring (bicyclic) bond motifs is 1. The molecule has 0 saturated carbocycles. The van der Waals surface area contributed by atoms with E-state index in [1.54, 1.807) is 6.33 Å². The van der Waals surface area contributed by atoms with Gasteiger partial charge in [0.05, 0.1) is 0 Å². The van der Waals surface area contributed by atoms with Crippen LogP contribution in [-0.4, -0.2) is 34.9 Å². The third kappa shape index (κ3) is 2.94. The molecule has 1 aromatic carbocycles. The van der Waals surface area contributed by atoms with Crippen molar-refractivity contribution in [1.82, 2.24) is 9.97 Å². The zero-order valence-corrected chi connectivity index (χ0v) is 14.5. The van der Waals surface area contributed by atoms with Gasteiger partial charge >= 0.3 is 113 Å². The van der Waals surface area contributed by atoms with Gasteiger partial charge in [-0.2, -0.15) is 0 Å². The first-order valence-electron chi connectivity index (χ1n) is 6.51. The van der Waals surface area contributed by atoms with Crippen molar-refractivity contribution in [2.45, 2.75) is 28.2 Å². The van der Waals surface area contributed by atoms with Crippen molar-refractivity contribution in [3.8, 4) is 0 Å². The molecule has 18 heavy (non-hydrogen) atoms. The van der Waals surface area contributed by atoms with E-state index in [0.29, 0.717) is 0 Å². The van der Waals surface area contributed by atoms with Gasteiger partial charge in [0.25, 0.3) is 0 Å². The van der Waals surface area contributed by atoms with Crippen LogP contribution in [0.3, 0.4) is 0 Å². The molecular weight excluding hydrogens is 329 g/mol. The molecule has 0 unspecified atom stereocenters. The molecule has 0 fully saturated rings. The van der Waals surface area contributed by atoms with Crippen molar-refractivity contribution in [2.75, 3.05) is 11.9 Å². The van der Waals surface area contributed by atoms with Gasteiger partial charge in [0.1, 0.15) is 0 Å². The summed E-state index contributed by atoms with van der Waals surface area (Å²) in [7, 11) is 0. The van der Waals surface area contributed by atoms with Gasteiger partial charge in [-0.1, -0.05) is 0 Å². The summed E-state index contributed by atoms with van der Waals surface area (Å²) in [6.45, 7) is 3.11. The molecular formula is C14H21N3Sn. The summed E-state index contributed by atoms with van der Waals surface area (Å²) >= 11 is -2.02. The van der Waals surface area contributed by atoms with Crippen molar-refractivity contribution >= 4 is 38.7 Å². The Balaban J connectivity index is 2.51. The monoisotopic (exact) mass is 351 g/mol. The van der Waals surface area contributed by atoms with E-state index in [0.717, 1.165) is 29.7 Å². The Labute approximate surface area is 113 Å². The van der Waals surface area contributed by atoms with E-state index in [-0.39, 0.29) is 0 Å². The average molecular weight is 350 g/mol. The first-order chi connectivity index (χ1) is 8.52. The maximum absolute atomic E-state index is 4.37. The molecule has 0 aliphatic heterocycles. The Bertz CT molecular complexity index is 546. The standard InChI is InChI=1S/C11H12N3.3CH3.Sn/c1-2-7-12-11-9-5-3-4-6-10(9)13-8-14-11;;;;/h4-6,8H,2,7H2,1H3,(H,12,13,14);3*1H3;. The Kier molecular flexibility index (Phi) is 4.10. The fourth-order valence-electron chi connectivity index (χ4n) is 1.91. The van der Waals surface area contributed by atoms with Gasteiger partial charge in [0.2, 0.25) is 0 Å². The van der Waals surface area contributed by atoms with Crippen molar-refractivity contribution < 1.29 is 0 Å². The zero-order valence-electron chi connectivity index (χ0n) is 11.6. The van der Waals surface area contributed by atoms with E-state index >= 15 is 0 Å². The van der Waals surface area contributed by atoms with Crippen LogP contribution in [0.15, 0.2) is 24.5 Å². The Hall–Kier alpha value is -0.841. The minimum absolute atomic E-state index is 0.954. The number of benzene rings is 1. The van der Waals surface area contributed by atoms with Gasteiger partial charge in [0.15, 0.2) is 0 Å². The van der Waals surface area contributed by atoms with Crippen LogP contribution in [0, 0.1) is 0 Å². The van der Waals surface area contributed by atoms with Crippen LogP contribution in [0.1, 0.15) is 13.3 Å². The molecule has 0 spiro atoms. The number of hydrogen-bond acceptors (Lipinski definition) is 3. The van der Waals surface area contributed by atoms with E-state index < -0.39 is 18.4 Å². The molecule has 0 amide bonds. The third-order valence-electron chi connectivity index (χ3n) is 3.04. The normalized spacial score (nSPS) is 11.8. The summed E-state index contributed by atoms with van der Waals surface area (Å²) in [4.78, 5) is 16.0. The zero-order chi connectivity index (χ0) is 13.2. The molecule has 0 aliphatic rings. The van der Waals surface area contributed by atoms with Crippen molar-refractivity contribution in [1.29, 1.82) is 0 Å². The van der Waals surface area contributed by atoms with Crippen LogP contribution in [0.25, 0.3) is 10.9 Å². The molecule has 0 atom stereocenters. The number of hydrogen-bond donors (Lipinski definition) is 1. The predicted octanol–water partition coefficient (Wildman–Crippen LogP) is 3.00. The summed E-state index contributed by atoms with van der Waals surface area (Å²) in [6, 6.07) is 6.67. The Morgan fingerprint density at radius 1 is 1.17 bits per heavy atom. The van der Waals surface area contributed by atoms with Crippen LogP contribution in [0.5, 0.6) is 0 Å². The third-order valence-corrected chi connectivity index (χ3v) is 8.87. The molecule has 96 valence electrons. The summed E-state index contributed by atoms with van der Waals surface area (Å²) in [5.41, 5.74) is 1.03. The van der Waals surface area contributed by atoms with Crippen molar-refractivity contribution in [2.24, 2.45) is 0 Å². The molecule has 2 aromatic rings. The SMILES string of the molecule is CCCNc1ncnc2cc[c]([Sn]([CH3])([CH3])[CH3])cc12. The quantitative estimate of drug-likeness (QED) is 0.862. The van der Waals surface area contributed by atoms with Gasteiger partial charge in [-0.05, 0) is 0 Å². The van der Waals surface area contributed by atoms with E-state index in [9.17, 15) is 0 Å². The fourth-order valence-corrected chi connectivity index (χ4v) is 5.22. The second-order valence-corrected chi connectivity index (χ2v) is 20.1. The first kappa shape index (κ1) is 13.6. The van der Waals surface area contributed by atoms with Gasteiger partial charge in [-0.3, -0.25) is 0 Å². The van der Waals surface area contributed by atoms with Crippen LogP contribution in [0.2, 0.25) is 14.8 Å². The molecule has 2 rings (SSSR count). The molecule has 4 heteroatoms. The Morgan fingerprint density at radius 3 is 2.61 bits per heavy atom.